The fourth-order valence-corrected chi connectivity index (χ4v) is 9.00. The van der Waals surface area contributed by atoms with Crippen LogP contribution in [0.15, 0.2) is 30.5 Å². The second-order valence-corrected chi connectivity index (χ2v) is 13.1. The van der Waals surface area contributed by atoms with Gasteiger partial charge in [-0.15, -0.1) is 0 Å². The number of nitrogens with two attached hydrogens (primary N) is 1. The number of aryl methyl sites for hydroxylation is 1. The lowest BCUT2D eigenvalue weighted by Crippen LogP contribution is -2.74. The van der Waals surface area contributed by atoms with Crippen molar-refractivity contribution in [3.8, 4) is 0 Å². The Morgan fingerprint density at radius 2 is 2.02 bits per heavy atom. The van der Waals surface area contributed by atoms with Gasteiger partial charge in [-0.2, -0.15) is 0 Å². The second-order valence-electron chi connectivity index (χ2n) is 13.1. The number of rotatable bonds is 6. The van der Waals surface area contributed by atoms with Crippen LogP contribution in [0.25, 0.3) is 0 Å². The van der Waals surface area contributed by atoms with E-state index in [2.05, 4.69) is 20.1 Å². The molecule has 1 aromatic heterocycles. The normalized spacial score (nSPS) is 41.1. The highest BCUT2D eigenvalue weighted by Gasteiger charge is 2.61. The molecule has 6 aliphatic rings. The molecular weight excluding hydrogens is 511 g/mol. The molecule has 3 aliphatic carbocycles. The Bertz CT molecular complexity index is 1130. The van der Waals surface area contributed by atoms with Crippen LogP contribution in [-0.2, 0) is 20.9 Å². The summed E-state index contributed by atoms with van der Waals surface area (Å²) in [5, 5.41) is 2.97. The Balaban J connectivity index is 1.17. The van der Waals surface area contributed by atoms with Crippen LogP contribution in [-0.4, -0.2) is 93.2 Å². The number of halogens is 1. The highest BCUT2D eigenvalue weighted by Crippen LogP contribution is 2.51. The predicted octanol–water partition coefficient (Wildman–Crippen LogP) is 2.02. The zero-order valence-electron chi connectivity index (χ0n) is 23.2. The van der Waals surface area contributed by atoms with Crippen molar-refractivity contribution in [2.75, 3.05) is 19.6 Å². The summed E-state index contributed by atoms with van der Waals surface area (Å²) < 4.78 is 25.2. The van der Waals surface area contributed by atoms with E-state index in [1.165, 1.54) is 19.3 Å². The Hall–Kier alpha value is -2.30. The van der Waals surface area contributed by atoms with Crippen LogP contribution in [0.3, 0.4) is 0 Å². The van der Waals surface area contributed by atoms with Crippen molar-refractivity contribution in [3.63, 3.8) is 0 Å². The topological polar surface area (TPSA) is 106 Å². The number of amides is 1. The van der Waals surface area contributed by atoms with Crippen LogP contribution in [0.4, 0.5) is 4.39 Å². The predicted molar refractivity (Wildman–Crippen MR) is 147 cm³/mol. The summed E-state index contributed by atoms with van der Waals surface area (Å²) in [5.74, 6) is -0.0393. The molecule has 0 spiro atoms. The lowest BCUT2D eigenvalue weighted by Gasteiger charge is -2.62. The number of hydrogen-bond donors (Lipinski definition) is 2. The van der Waals surface area contributed by atoms with E-state index in [4.69, 9.17) is 10.5 Å². The van der Waals surface area contributed by atoms with E-state index in [0.717, 1.165) is 45.2 Å². The highest BCUT2D eigenvalue weighted by atomic mass is 19.1. The minimum absolute atomic E-state index is 0.00831. The summed E-state index contributed by atoms with van der Waals surface area (Å²) in [6.45, 7) is 2.62. The summed E-state index contributed by atoms with van der Waals surface area (Å²) in [6.07, 6.45) is 14.4. The van der Waals surface area contributed by atoms with Crippen LogP contribution in [0.1, 0.15) is 57.8 Å². The third-order valence-electron chi connectivity index (χ3n) is 10.8. The molecule has 0 bridgehead atoms. The SMILES string of the molecule is N[C@@H]1CCN(C2C(F)CC3C(=O)C(C(=O)NCCCn4ccnc4)=CN4C5CCC6CCCCC6C5OC2C34)C1. The third-order valence-corrected chi connectivity index (χ3v) is 10.8. The van der Waals surface area contributed by atoms with Gasteiger partial charge in [-0.1, -0.05) is 19.3 Å². The molecule has 7 rings (SSSR count). The fourth-order valence-electron chi connectivity index (χ4n) is 9.00. The first-order valence-corrected chi connectivity index (χ1v) is 15.6. The Morgan fingerprint density at radius 3 is 2.83 bits per heavy atom. The highest BCUT2D eigenvalue weighted by molar-refractivity contribution is 6.20. The number of carbonyl (C=O) groups is 2. The van der Waals surface area contributed by atoms with Gasteiger partial charge < -0.3 is 25.3 Å². The first kappa shape index (κ1) is 26.6. The van der Waals surface area contributed by atoms with Crippen LogP contribution >= 0.6 is 0 Å². The van der Waals surface area contributed by atoms with Gasteiger partial charge in [0.05, 0.1) is 42.2 Å². The van der Waals surface area contributed by atoms with Gasteiger partial charge in [-0.05, 0) is 50.4 Å². The molecule has 10 atom stereocenters. The zero-order chi connectivity index (χ0) is 27.4. The average molecular weight is 555 g/mol. The molecule has 0 aromatic carbocycles. The molecule has 10 heteroatoms. The van der Waals surface area contributed by atoms with E-state index >= 15 is 4.39 Å². The van der Waals surface area contributed by atoms with E-state index < -0.39 is 24.2 Å². The maximum atomic E-state index is 16.2. The van der Waals surface area contributed by atoms with Crippen molar-refractivity contribution in [2.45, 2.75) is 107 Å². The molecule has 1 amide bonds. The van der Waals surface area contributed by atoms with E-state index in [1.807, 2.05) is 17.0 Å². The molecule has 0 radical (unpaired) electrons. The molecular formula is C30H43FN6O3. The first-order chi connectivity index (χ1) is 19.5. The molecule has 1 aromatic rings. The number of ketones is 1. The molecule has 5 fully saturated rings. The van der Waals surface area contributed by atoms with E-state index in [9.17, 15) is 9.59 Å². The number of imidazole rings is 1. The monoisotopic (exact) mass is 554 g/mol. The van der Waals surface area contributed by atoms with Crippen LogP contribution in [0.2, 0.25) is 0 Å². The molecule has 4 heterocycles. The third kappa shape index (κ3) is 4.60. The smallest absolute Gasteiger partial charge is 0.256 e. The Labute approximate surface area is 235 Å². The Morgan fingerprint density at radius 1 is 1.15 bits per heavy atom. The summed E-state index contributed by atoms with van der Waals surface area (Å²) >= 11 is 0. The molecule has 3 aliphatic heterocycles. The number of aromatic nitrogens is 2. The first-order valence-electron chi connectivity index (χ1n) is 15.6. The lowest BCUT2D eigenvalue weighted by atomic mass is 9.64. The van der Waals surface area contributed by atoms with Gasteiger partial charge in [0, 0.05) is 56.7 Å². The average Bonchev–Trinajstić information content (AvgIpc) is 3.64. The standard InChI is InChI=1S/C30H43FN6O3/c31-23-14-21-25-29(26(23)36-12-8-19(32)15-36)40-28-20-5-2-1-4-18(20)6-7-24(28)37(25)16-22(27(21)38)30(39)34-9-3-11-35-13-10-33-17-35/h10,13,16-21,23-26,28-29H,1-9,11-12,14-15,32H2,(H,34,39)/t18?,19-,20?,21?,23?,24?,25?,26?,28?,29?/m1/s1. The number of hydrogen-bond acceptors (Lipinski definition) is 7. The molecule has 9 unspecified atom stereocenters. The lowest BCUT2D eigenvalue weighted by molar-refractivity contribution is -0.231. The summed E-state index contributed by atoms with van der Waals surface area (Å²) in [7, 11) is 0. The van der Waals surface area contributed by atoms with Gasteiger partial charge in [0.25, 0.3) is 5.91 Å². The van der Waals surface area contributed by atoms with Gasteiger partial charge in [0.1, 0.15) is 6.17 Å². The number of ether oxygens (including phenoxy) is 1. The summed E-state index contributed by atoms with van der Waals surface area (Å²) in [6, 6.07) is -0.466. The molecule has 2 saturated heterocycles. The van der Waals surface area contributed by atoms with Crippen molar-refractivity contribution in [3.05, 3.63) is 30.5 Å². The number of carbonyl (C=O) groups excluding carboxylic acids is 2. The van der Waals surface area contributed by atoms with E-state index in [1.54, 1.807) is 12.5 Å². The quantitative estimate of drug-likeness (QED) is 0.410. The van der Waals surface area contributed by atoms with Gasteiger partial charge in [-0.3, -0.25) is 14.5 Å². The molecule has 3 N–H and O–H groups in total. The summed E-state index contributed by atoms with van der Waals surface area (Å²) in [4.78, 5) is 35.8. The van der Waals surface area contributed by atoms with Crippen molar-refractivity contribution in [1.29, 1.82) is 0 Å². The number of likely N-dealkylation sites (tertiary alicyclic amines) is 1. The number of nitrogens with zero attached hydrogens (tertiary/aromatic N) is 4. The van der Waals surface area contributed by atoms with Crippen LogP contribution in [0, 0.1) is 17.8 Å². The molecule has 3 saturated carbocycles. The van der Waals surface area contributed by atoms with E-state index in [0.29, 0.717) is 24.9 Å². The molecule has 40 heavy (non-hydrogen) atoms. The fraction of sp³-hybridized carbons (Fsp3) is 0.767. The summed E-state index contributed by atoms with van der Waals surface area (Å²) in [5.41, 5.74) is 6.44. The van der Waals surface area contributed by atoms with Crippen LogP contribution < -0.4 is 11.1 Å². The number of morpholine rings is 1. The van der Waals surface area contributed by atoms with Crippen LogP contribution in [0.5, 0.6) is 0 Å². The van der Waals surface area contributed by atoms with E-state index in [-0.39, 0.29) is 47.9 Å². The maximum Gasteiger partial charge on any atom is 0.256 e. The number of Topliss-reactive ketones (excluding diaryl/α,β-unsaturated/α-hetero) is 1. The Kier molecular flexibility index (Phi) is 7.20. The maximum absolute atomic E-state index is 16.2. The second kappa shape index (κ2) is 10.8. The number of alkyl halides is 1. The van der Waals surface area contributed by atoms with Crippen molar-refractivity contribution in [1.82, 2.24) is 24.7 Å². The minimum Gasteiger partial charge on any atom is -0.369 e. The molecule has 9 nitrogen and oxygen atoms in total. The number of nitrogens with one attached hydrogen (secondary N) is 1. The van der Waals surface area contributed by atoms with Gasteiger partial charge in [0.2, 0.25) is 0 Å². The van der Waals surface area contributed by atoms with Crippen molar-refractivity contribution in [2.24, 2.45) is 23.5 Å². The number of fused-ring (bicyclic) bond motifs is 4. The zero-order valence-corrected chi connectivity index (χ0v) is 23.2. The molecule has 218 valence electrons. The van der Waals surface area contributed by atoms with Crippen molar-refractivity contribution >= 4 is 11.7 Å². The van der Waals surface area contributed by atoms with Gasteiger partial charge in [-0.25, -0.2) is 9.37 Å². The van der Waals surface area contributed by atoms with Gasteiger partial charge in [0.15, 0.2) is 5.78 Å². The van der Waals surface area contributed by atoms with Gasteiger partial charge >= 0.3 is 0 Å². The van der Waals surface area contributed by atoms with Crippen molar-refractivity contribution < 1.29 is 18.7 Å². The minimum atomic E-state index is -1.19. The largest absolute Gasteiger partial charge is 0.369 e.